The zero-order chi connectivity index (χ0) is 15.8. The Morgan fingerprint density at radius 1 is 1.48 bits per heavy atom. The first-order valence-electron chi connectivity index (χ1n) is 6.41. The molecule has 1 amide bonds. The SMILES string of the molecule is C=CCNC(=O)[C@@H](C)OC(=O)COc1ccc(C)cc1Br. The molecule has 0 saturated heterocycles. The molecule has 0 bridgehead atoms. The zero-order valence-electron chi connectivity index (χ0n) is 12.0. The second-order valence-corrected chi connectivity index (χ2v) is 5.24. The Hall–Kier alpha value is -1.82. The molecule has 0 saturated carbocycles. The fraction of sp³-hybridized carbons (Fsp3) is 0.333. The van der Waals surface area contributed by atoms with Crippen molar-refractivity contribution in [2.75, 3.05) is 13.2 Å². The van der Waals surface area contributed by atoms with E-state index in [-0.39, 0.29) is 12.5 Å². The van der Waals surface area contributed by atoms with Crippen molar-refractivity contribution in [2.24, 2.45) is 0 Å². The van der Waals surface area contributed by atoms with Crippen LogP contribution in [0.25, 0.3) is 0 Å². The van der Waals surface area contributed by atoms with Crippen molar-refractivity contribution in [1.82, 2.24) is 5.32 Å². The first-order chi connectivity index (χ1) is 9.93. The van der Waals surface area contributed by atoms with Crippen molar-refractivity contribution < 1.29 is 19.1 Å². The van der Waals surface area contributed by atoms with E-state index in [2.05, 4.69) is 27.8 Å². The first kappa shape index (κ1) is 17.2. The summed E-state index contributed by atoms with van der Waals surface area (Å²) in [6, 6.07) is 5.51. The second kappa shape index (κ2) is 8.46. The summed E-state index contributed by atoms with van der Waals surface area (Å²) in [7, 11) is 0. The molecule has 0 spiro atoms. The van der Waals surface area contributed by atoms with Gasteiger partial charge < -0.3 is 14.8 Å². The fourth-order valence-corrected chi connectivity index (χ4v) is 2.07. The molecule has 0 heterocycles. The smallest absolute Gasteiger partial charge is 0.344 e. The molecule has 1 atom stereocenters. The molecule has 0 unspecified atom stereocenters. The minimum atomic E-state index is -0.873. The number of hydrogen-bond acceptors (Lipinski definition) is 4. The molecule has 1 aromatic rings. The molecule has 0 aliphatic heterocycles. The highest BCUT2D eigenvalue weighted by atomic mass is 79.9. The van der Waals surface area contributed by atoms with E-state index in [1.807, 2.05) is 19.1 Å². The highest BCUT2D eigenvalue weighted by Crippen LogP contribution is 2.25. The minimum absolute atomic E-state index is 0.263. The summed E-state index contributed by atoms with van der Waals surface area (Å²) in [5, 5.41) is 2.54. The summed E-state index contributed by atoms with van der Waals surface area (Å²) in [5.74, 6) is -0.440. The van der Waals surface area contributed by atoms with E-state index >= 15 is 0 Å². The summed E-state index contributed by atoms with van der Waals surface area (Å²) >= 11 is 3.35. The van der Waals surface area contributed by atoms with Crippen LogP contribution in [0.5, 0.6) is 5.75 Å². The lowest BCUT2D eigenvalue weighted by Gasteiger charge is -2.13. The summed E-state index contributed by atoms with van der Waals surface area (Å²) in [6.45, 7) is 7.00. The van der Waals surface area contributed by atoms with Gasteiger partial charge in [-0.3, -0.25) is 4.79 Å². The van der Waals surface area contributed by atoms with Gasteiger partial charge in [-0.1, -0.05) is 12.1 Å². The molecule has 1 rings (SSSR count). The second-order valence-electron chi connectivity index (χ2n) is 4.39. The molecule has 1 aromatic carbocycles. The predicted molar refractivity (Wildman–Crippen MR) is 83.1 cm³/mol. The third-order valence-corrected chi connectivity index (χ3v) is 3.15. The number of esters is 1. The van der Waals surface area contributed by atoms with Crippen LogP contribution in [-0.2, 0) is 14.3 Å². The number of carbonyl (C=O) groups is 2. The molecule has 6 heteroatoms. The van der Waals surface area contributed by atoms with E-state index < -0.39 is 12.1 Å². The van der Waals surface area contributed by atoms with E-state index in [4.69, 9.17) is 9.47 Å². The number of amides is 1. The van der Waals surface area contributed by atoms with Crippen LogP contribution in [0.4, 0.5) is 0 Å². The number of benzene rings is 1. The van der Waals surface area contributed by atoms with Gasteiger partial charge in [-0.05, 0) is 47.5 Å². The van der Waals surface area contributed by atoms with Gasteiger partial charge in [0.15, 0.2) is 12.7 Å². The summed E-state index contributed by atoms with van der Waals surface area (Å²) in [6.07, 6.45) is 0.673. The van der Waals surface area contributed by atoms with Crippen molar-refractivity contribution >= 4 is 27.8 Å². The highest BCUT2D eigenvalue weighted by molar-refractivity contribution is 9.10. The molecule has 1 N–H and O–H groups in total. The van der Waals surface area contributed by atoms with Crippen molar-refractivity contribution in [1.29, 1.82) is 0 Å². The molecule has 0 aliphatic carbocycles. The number of hydrogen-bond donors (Lipinski definition) is 1. The van der Waals surface area contributed by atoms with E-state index in [1.165, 1.54) is 6.92 Å². The van der Waals surface area contributed by atoms with Gasteiger partial charge in [0.1, 0.15) is 5.75 Å². The van der Waals surface area contributed by atoms with Crippen LogP contribution in [0.2, 0.25) is 0 Å². The van der Waals surface area contributed by atoms with E-state index in [9.17, 15) is 9.59 Å². The maximum absolute atomic E-state index is 11.6. The van der Waals surface area contributed by atoms with Gasteiger partial charge in [-0.15, -0.1) is 6.58 Å². The summed E-state index contributed by atoms with van der Waals surface area (Å²) < 4.78 is 11.1. The Labute approximate surface area is 132 Å². The van der Waals surface area contributed by atoms with E-state index in [0.29, 0.717) is 12.3 Å². The number of nitrogens with one attached hydrogen (secondary N) is 1. The summed E-state index contributed by atoms with van der Waals surface area (Å²) in [5.41, 5.74) is 1.07. The van der Waals surface area contributed by atoms with Crippen LogP contribution in [0.1, 0.15) is 12.5 Å². The number of ether oxygens (including phenoxy) is 2. The van der Waals surface area contributed by atoms with E-state index in [0.717, 1.165) is 10.0 Å². The quantitative estimate of drug-likeness (QED) is 0.602. The molecule has 5 nitrogen and oxygen atoms in total. The fourth-order valence-electron chi connectivity index (χ4n) is 1.46. The Kier molecular flexibility index (Phi) is 6.94. The average molecular weight is 356 g/mol. The molecular formula is C15H18BrNO4. The molecule has 0 radical (unpaired) electrons. The van der Waals surface area contributed by atoms with Gasteiger partial charge in [0.05, 0.1) is 4.47 Å². The standard InChI is InChI=1S/C15H18BrNO4/c1-4-7-17-15(19)11(3)21-14(18)9-20-13-6-5-10(2)8-12(13)16/h4-6,8,11H,1,7,9H2,2-3H3,(H,17,19)/t11-/m1/s1. The third-order valence-electron chi connectivity index (χ3n) is 2.53. The maximum Gasteiger partial charge on any atom is 0.344 e. The van der Waals surface area contributed by atoms with Gasteiger partial charge in [-0.2, -0.15) is 0 Å². The van der Waals surface area contributed by atoms with Crippen LogP contribution in [0.15, 0.2) is 35.3 Å². The number of aryl methyl sites for hydroxylation is 1. The molecule has 0 fully saturated rings. The zero-order valence-corrected chi connectivity index (χ0v) is 13.6. The van der Waals surface area contributed by atoms with Crippen LogP contribution < -0.4 is 10.1 Å². The third kappa shape index (κ3) is 5.99. The molecule has 21 heavy (non-hydrogen) atoms. The highest BCUT2D eigenvalue weighted by Gasteiger charge is 2.17. The lowest BCUT2D eigenvalue weighted by Crippen LogP contribution is -2.36. The van der Waals surface area contributed by atoms with Gasteiger partial charge in [0.25, 0.3) is 5.91 Å². The van der Waals surface area contributed by atoms with Gasteiger partial charge in [0, 0.05) is 6.54 Å². The largest absolute Gasteiger partial charge is 0.481 e. The normalized spacial score (nSPS) is 11.4. The number of rotatable bonds is 7. The van der Waals surface area contributed by atoms with Gasteiger partial charge in [0.2, 0.25) is 0 Å². The van der Waals surface area contributed by atoms with Crippen LogP contribution in [-0.4, -0.2) is 31.1 Å². The Balaban J connectivity index is 2.43. The first-order valence-corrected chi connectivity index (χ1v) is 7.20. The van der Waals surface area contributed by atoms with Crippen LogP contribution in [0, 0.1) is 6.92 Å². The molecule has 0 aliphatic rings. The van der Waals surface area contributed by atoms with E-state index in [1.54, 1.807) is 12.1 Å². The summed E-state index contributed by atoms with van der Waals surface area (Å²) in [4.78, 5) is 23.1. The lowest BCUT2D eigenvalue weighted by atomic mass is 10.2. The average Bonchev–Trinajstić information content (AvgIpc) is 2.43. The molecule has 114 valence electrons. The Morgan fingerprint density at radius 3 is 2.81 bits per heavy atom. The number of carbonyl (C=O) groups excluding carboxylic acids is 2. The Morgan fingerprint density at radius 2 is 2.19 bits per heavy atom. The van der Waals surface area contributed by atoms with Crippen LogP contribution in [0.3, 0.4) is 0 Å². The van der Waals surface area contributed by atoms with Gasteiger partial charge in [-0.25, -0.2) is 4.79 Å². The number of halogens is 1. The maximum atomic E-state index is 11.6. The van der Waals surface area contributed by atoms with Gasteiger partial charge >= 0.3 is 5.97 Å². The predicted octanol–water partition coefficient (Wildman–Crippen LogP) is 2.37. The van der Waals surface area contributed by atoms with Crippen molar-refractivity contribution in [3.63, 3.8) is 0 Å². The lowest BCUT2D eigenvalue weighted by molar-refractivity contribution is -0.156. The molecular weight excluding hydrogens is 338 g/mol. The Bertz CT molecular complexity index is 530. The van der Waals surface area contributed by atoms with Crippen molar-refractivity contribution in [2.45, 2.75) is 20.0 Å². The topological polar surface area (TPSA) is 64.6 Å². The monoisotopic (exact) mass is 355 g/mol. The van der Waals surface area contributed by atoms with Crippen molar-refractivity contribution in [3.8, 4) is 5.75 Å². The minimum Gasteiger partial charge on any atom is -0.481 e. The van der Waals surface area contributed by atoms with Crippen molar-refractivity contribution in [3.05, 3.63) is 40.9 Å². The molecule has 0 aromatic heterocycles. The van der Waals surface area contributed by atoms with Crippen LogP contribution >= 0.6 is 15.9 Å².